The fourth-order valence-corrected chi connectivity index (χ4v) is 1.66. The minimum atomic E-state index is 0.125. The lowest BCUT2D eigenvalue weighted by Gasteiger charge is -2.20. The molecule has 18 heavy (non-hydrogen) atoms. The molecule has 1 heterocycles. The molecule has 0 spiro atoms. The molecule has 0 aromatic carbocycles. The topological polar surface area (TPSA) is 34.1 Å². The SMILES string of the molecule is CCCC(C)Oc1cc(CNC(C)(C)C)ccn1. The first-order valence-corrected chi connectivity index (χ1v) is 6.77. The van der Waals surface area contributed by atoms with Gasteiger partial charge in [-0.15, -0.1) is 0 Å². The zero-order valence-corrected chi connectivity index (χ0v) is 12.3. The Hall–Kier alpha value is -1.09. The third-order valence-electron chi connectivity index (χ3n) is 2.64. The van der Waals surface area contributed by atoms with E-state index >= 15 is 0 Å². The highest BCUT2D eigenvalue weighted by Gasteiger charge is 2.09. The van der Waals surface area contributed by atoms with E-state index < -0.39 is 0 Å². The van der Waals surface area contributed by atoms with E-state index in [9.17, 15) is 0 Å². The summed E-state index contributed by atoms with van der Waals surface area (Å²) in [5, 5.41) is 3.46. The number of rotatable bonds is 6. The van der Waals surface area contributed by atoms with E-state index in [2.05, 4.69) is 44.9 Å². The summed E-state index contributed by atoms with van der Waals surface area (Å²) in [7, 11) is 0. The molecule has 0 radical (unpaired) electrons. The predicted molar refractivity (Wildman–Crippen MR) is 75.8 cm³/mol. The number of ether oxygens (including phenoxy) is 1. The summed E-state index contributed by atoms with van der Waals surface area (Å²) in [6.07, 6.45) is 4.24. The summed E-state index contributed by atoms with van der Waals surface area (Å²) in [6.45, 7) is 11.6. The molecule has 1 atom stereocenters. The van der Waals surface area contributed by atoms with Crippen LogP contribution < -0.4 is 10.1 Å². The molecule has 102 valence electrons. The molecule has 0 amide bonds. The Kier molecular flexibility index (Phi) is 5.60. The molecule has 1 N–H and O–H groups in total. The van der Waals surface area contributed by atoms with Gasteiger partial charge in [0.2, 0.25) is 5.88 Å². The maximum atomic E-state index is 5.79. The van der Waals surface area contributed by atoms with Crippen LogP contribution in [0.1, 0.15) is 53.0 Å². The first kappa shape index (κ1) is 15.0. The quantitative estimate of drug-likeness (QED) is 0.838. The monoisotopic (exact) mass is 250 g/mol. The fraction of sp³-hybridized carbons (Fsp3) is 0.667. The molecule has 0 fully saturated rings. The minimum absolute atomic E-state index is 0.125. The van der Waals surface area contributed by atoms with Crippen LogP contribution in [0.4, 0.5) is 0 Å². The highest BCUT2D eigenvalue weighted by Crippen LogP contribution is 2.13. The molecular formula is C15H26N2O. The van der Waals surface area contributed by atoms with Gasteiger partial charge in [-0.2, -0.15) is 0 Å². The van der Waals surface area contributed by atoms with E-state index in [1.165, 1.54) is 5.56 Å². The zero-order chi connectivity index (χ0) is 13.6. The van der Waals surface area contributed by atoms with Crippen molar-refractivity contribution >= 4 is 0 Å². The normalized spacial score (nSPS) is 13.4. The molecule has 0 aliphatic rings. The van der Waals surface area contributed by atoms with E-state index in [-0.39, 0.29) is 11.6 Å². The molecule has 3 heteroatoms. The van der Waals surface area contributed by atoms with Gasteiger partial charge >= 0.3 is 0 Å². The molecule has 0 aliphatic heterocycles. The van der Waals surface area contributed by atoms with Gasteiger partial charge in [-0.25, -0.2) is 4.98 Å². The van der Waals surface area contributed by atoms with Crippen LogP contribution in [-0.4, -0.2) is 16.6 Å². The highest BCUT2D eigenvalue weighted by molar-refractivity contribution is 5.20. The maximum absolute atomic E-state index is 5.79. The van der Waals surface area contributed by atoms with Gasteiger partial charge < -0.3 is 10.1 Å². The molecule has 0 bridgehead atoms. The number of hydrogen-bond donors (Lipinski definition) is 1. The average molecular weight is 250 g/mol. The van der Waals surface area contributed by atoms with E-state index in [0.717, 1.165) is 25.3 Å². The summed E-state index contributed by atoms with van der Waals surface area (Å²) in [5.41, 5.74) is 1.33. The van der Waals surface area contributed by atoms with Crippen molar-refractivity contribution in [1.82, 2.24) is 10.3 Å². The first-order valence-electron chi connectivity index (χ1n) is 6.77. The Morgan fingerprint density at radius 2 is 2.11 bits per heavy atom. The zero-order valence-electron chi connectivity index (χ0n) is 12.3. The van der Waals surface area contributed by atoms with E-state index in [0.29, 0.717) is 0 Å². The van der Waals surface area contributed by atoms with Gasteiger partial charge in [0.25, 0.3) is 0 Å². The summed E-state index contributed by atoms with van der Waals surface area (Å²) < 4.78 is 5.79. The lowest BCUT2D eigenvalue weighted by molar-refractivity contribution is 0.201. The van der Waals surface area contributed by atoms with Crippen LogP contribution in [0.5, 0.6) is 5.88 Å². The minimum Gasteiger partial charge on any atom is -0.475 e. The summed E-state index contributed by atoms with van der Waals surface area (Å²) in [4.78, 5) is 4.26. The Morgan fingerprint density at radius 1 is 1.39 bits per heavy atom. The summed E-state index contributed by atoms with van der Waals surface area (Å²) in [6, 6.07) is 4.04. The second kappa shape index (κ2) is 6.74. The number of pyridine rings is 1. The highest BCUT2D eigenvalue weighted by atomic mass is 16.5. The Morgan fingerprint density at radius 3 is 2.72 bits per heavy atom. The first-order chi connectivity index (χ1) is 8.40. The van der Waals surface area contributed by atoms with Gasteiger partial charge in [0, 0.05) is 24.3 Å². The van der Waals surface area contributed by atoms with Crippen molar-refractivity contribution in [3.05, 3.63) is 23.9 Å². The number of hydrogen-bond acceptors (Lipinski definition) is 3. The number of nitrogens with zero attached hydrogens (tertiary/aromatic N) is 1. The van der Waals surface area contributed by atoms with Crippen molar-refractivity contribution in [1.29, 1.82) is 0 Å². The van der Waals surface area contributed by atoms with Crippen molar-refractivity contribution in [2.75, 3.05) is 0 Å². The smallest absolute Gasteiger partial charge is 0.213 e. The molecule has 0 aliphatic carbocycles. The third-order valence-corrected chi connectivity index (χ3v) is 2.64. The van der Waals surface area contributed by atoms with Gasteiger partial charge in [0.15, 0.2) is 0 Å². The molecule has 0 saturated carbocycles. The van der Waals surface area contributed by atoms with Crippen LogP contribution in [0, 0.1) is 0 Å². The average Bonchev–Trinajstić information content (AvgIpc) is 2.26. The molecule has 1 aromatic heterocycles. The number of nitrogens with one attached hydrogen (secondary N) is 1. The van der Waals surface area contributed by atoms with E-state index in [4.69, 9.17) is 4.74 Å². The van der Waals surface area contributed by atoms with Crippen LogP contribution in [0.3, 0.4) is 0 Å². The van der Waals surface area contributed by atoms with Gasteiger partial charge in [-0.1, -0.05) is 13.3 Å². The van der Waals surface area contributed by atoms with E-state index in [1.54, 1.807) is 0 Å². The molecule has 3 nitrogen and oxygen atoms in total. The third kappa shape index (κ3) is 6.01. The van der Waals surface area contributed by atoms with Crippen molar-refractivity contribution in [3.8, 4) is 5.88 Å². The summed E-state index contributed by atoms with van der Waals surface area (Å²) >= 11 is 0. The second-order valence-corrected chi connectivity index (χ2v) is 5.82. The molecule has 0 saturated heterocycles. The van der Waals surface area contributed by atoms with Gasteiger partial charge in [-0.3, -0.25) is 0 Å². The van der Waals surface area contributed by atoms with Crippen molar-refractivity contribution in [2.45, 2.75) is 65.6 Å². The van der Waals surface area contributed by atoms with Crippen molar-refractivity contribution < 1.29 is 4.74 Å². The van der Waals surface area contributed by atoms with Gasteiger partial charge in [-0.05, 0) is 45.7 Å². The lowest BCUT2D eigenvalue weighted by atomic mass is 10.1. The molecule has 1 unspecified atom stereocenters. The standard InChI is InChI=1S/C15H26N2O/c1-6-7-12(2)18-14-10-13(8-9-16-14)11-17-15(3,4)5/h8-10,12,17H,6-7,11H2,1-5H3. The van der Waals surface area contributed by atoms with Gasteiger partial charge in [0.05, 0.1) is 6.10 Å². The maximum Gasteiger partial charge on any atom is 0.213 e. The van der Waals surface area contributed by atoms with Crippen LogP contribution in [0.25, 0.3) is 0 Å². The summed E-state index contributed by atoms with van der Waals surface area (Å²) in [5.74, 6) is 0.726. The molecule has 1 rings (SSSR count). The van der Waals surface area contributed by atoms with E-state index in [1.807, 2.05) is 18.3 Å². The fourth-order valence-electron chi connectivity index (χ4n) is 1.66. The van der Waals surface area contributed by atoms with Crippen molar-refractivity contribution in [3.63, 3.8) is 0 Å². The van der Waals surface area contributed by atoms with Crippen LogP contribution in [-0.2, 0) is 6.54 Å². The Bertz CT molecular complexity index is 358. The largest absolute Gasteiger partial charge is 0.475 e. The molecule has 1 aromatic rings. The number of aromatic nitrogens is 1. The van der Waals surface area contributed by atoms with Gasteiger partial charge in [0.1, 0.15) is 0 Å². The second-order valence-electron chi connectivity index (χ2n) is 5.82. The van der Waals surface area contributed by atoms with Crippen LogP contribution in [0.15, 0.2) is 18.3 Å². The Labute approximate surface area is 111 Å². The lowest BCUT2D eigenvalue weighted by Crippen LogP contribution is -2.35. The van der Waals surface area contributed by atoms with Crippen LogP contribution in [0.2, 0.25) is 0 Å². The predicted octanol–water partition coefficient (Wildman–Crippen LogP) is 3.54. The Balaban J connectivity index is 2.56. The van der Waals surface area contributed by atoms with Crippen molar-refractivity contribution in [2.24, 2.45) is 0 Å². The molecular weight excluding hydrogens is 224 g/mol. The van der Waals surface area contributed by atoms with Crippen LogP contribution >= 0.6 is 0 Å².